The second-order valence-electron chi connectivity index (χ2n) is 13.8. The molecule has 0 nitrogen and oxygen atoms in total. The molecule has 0 N–H and O–H groups in total. The van der Waals surface area contributed by atoms with Gasteiger partial charge in [-0.15, -0.1) is 46.2 Å². The van der Waals surface area contributed by atoms with E-state index in [4.69, 9.17) is 0 Å². The van der Waals surface area contributed by atoms with E-state index in [0.717, 1.165) is 6.42 Å². The molecule has 5 aromatic carbocycles. The zero-order valence-electron chi connectivity index (χ0n) is 27.3. The van der Waals surface area contributed by atoms with Crippen molar-refractivity contribution in [2.24, 2.45) is 5.92 Å². The van der Waals surface area contributed by atoms with E-state index in [9.17, 15) is 0 Å². The van der Waals surface area contributed by atoms with E-state index in [1.807, 2.05) is 0 Å². The van der Waals surface area contributed by atoms with Crippen LogP contribution in [0.5, 0.6) is 0 Å². The number of benzene rings is 4. The number of allylic oxidation sites excluding steroid dienone is 4. The molecule has 43 heavy (non-hydrogen) atoms. The number of hydrogen-bond donors (Lipinski definition) is 0. The van der Waals surface area contributed by atoms with Crippen molar-refractivity contribution in [2.45, 2.75) is 72.6 Å². The van der Waals surface area contributed by atoms with Crippen molar-refractivity contribution in [3.8, 4) is 0 Å². The normalized spacial score (nSPS) is 13.0. The Bertz CT molecular complexity index is 1600. The van der Waals surface area contributed by atoms with Gasteiger partial charge in [-0.25, -0.2) is 6.08 Å². The third-order valence-electron chi connectivity index (χ3n) is 7.95. The maximum absolute atomic E-state index is 3.14. The fourth-order valence-corrected chi connectivity index (χ4v) is 5.97. The molecule has 5 aromatic rings. The summed E-state index contributed by atoms with van der Waals surface area (Å²) in [4.78, 5) is 0. The molecule has 0 saturated heterocycles. The van der Waals surface area contributed by atoms with Gasteiger partial charge in [-0.2, -0.15) is 11.6 Å². The fourth-order valence-electron chi connectivity index (χ4n) is 5.15. The van der Waals surface area contributed by atoms with Crippen molar-refractivity contribution >= 4 is 24.8 Å². The summed E-state index contributed by atoms with van der Waals surface area (Å²) in [6.45, 7) is 18.0. The van der Waals surface area contributed by atoms with Gasteiger partial charge in [0.2, 0.25) is 0 Å². The average molecular weight is 642 g/mol. The fraction of sp³-hybridized carbons (Fsp3) is 0.286. The molecule has 0 spiro atoms. The van der Waals surface area contributed by atoms with Crippen LogP contribution in [-0.2, 0) is 35.1 Å². The van der Waals surface area contributed by atoms with Crippen LogP contribution in [0.4, 0.5) is 0 Å². The number of hydrogen-bond acceptors (Lipinski definition) is 0. The summed E-state index contributed by atoms with van der Waals surface area (Å²) in [6, 6.07) is 37.3. The second-order valence-corrected chi connectivity index (χ2v) is 15.0. The molecule has 0 radical (unpaired) electrons. The summed E-state index contributed by atoms with van der Waals surface area (Å²) in [5, 5.41) is 5.48. The summed E-state index contributed by atoms with van der Waals surface area (Å²) >= 11 is 1.46. The Morgan fingerprint density at radius 1 is 0.674 bits per heavy atom. The first kappa shape index (κ1) is 32.9. The van der Waals surface area contributed by atoms with Crippen molar-refractivity contribution in [2.75, 3.05) is 0 Å². The Labute approximate surface area is 275 Å². The molecular weight excluding hydrogens is 596 g/mol. The van der Waals surface area contributed by atoms with Gasteiger partial charge in [0, 0.05) is 0 Å². The van der Waals surface area contributed by atoms with E-state index in [-0.39, 0.29) is 10.8 Å². The first-order valence-corrected chi connectivity index (χ1v) is 16.7. The second kappa shape index (κ2) is 14.2. The van der Waals surface area contributed by atoms with Crippen LogP contribution in [0.15, 0.2) is 121 Å². The summed E-state index contributed by atoms with van der Waals surface area (Å²) < 4.78 is 1.42. The van der Waals surface area contributed by atoms with Crippen molar-refractivity contribution < 1.29 is 24.2 Å². The number of fused-ring (bicyclic) bond motifs is 3. The Balaban J connectivity index is 0.000000165. The molecule has 0 aromatic heterocycles. The van der Waals surface area contributed by atoms with Gasteiger partial charge in [0.25, 0.3) is 0 Å². The Morgan fingerprint density at radius 2 is 1.12 bits per heavy atom. The molecule has 218 valence electrons. The molecule has 0 heterocycles. The van der Waals surface area contributed by atoms with Crippen LogP contribution in [0, 0.1) is 12.0 Å². The molecule has 0 unspecified atom stereocenters. The minimum atomic E-state index is 0.203. The van der Waals surface area contributed by atoms with Gasteiger partial charge < -0.3 is 0 Å². The number of rotatable bonds is 3. The molecular formula is C42H46Zr. The predicted molar refractivity (Wildman–Crippen MR) is 186 cm³/mol. The zero-order chi connectivity index (χ0) is 31.2. The monoisotopic (exact) mass is 640 g/mol. The van der Waals surface area contributed by atoms with Gasteiger partial charge in [0.15, 0.2) is 0 Å². The van der Waals surface area contributed by atoms with Gasteiger partial charge in [-0.1, -0.05) is 96.7 Å². The van der Waals surface area contributed by atoms with Crippen LogP contribution in [0.1, 0.15) is 84.1 Å². The molecule has 6 rings (SSSR count). The Hall–Kier alpha value is -3.02. The molecule has 0 saturated carbocycles. The predicted octanol–water partition coefficient (Wildman–Crippen LogP) is 11.4. The Morgan fingerprint density at radius 3 is 1.44 bits per heavy atom. The van der Waals surface area contributed by atoms with E-state index in [0.29, 0.717) is 5.92 Å². The third-order valence-corrected chi connectivity index (χ3v) is 9.37. The molecule has 0 fully saturated rings. The SMILES string of the molecule is CC(C)(C)c1ccc2c(c1)[cH-]c1cc(C(C)(C)C)ccc12.CC(C)C1=CC[C-]=C1.[Zr+2]=[C](c1ccccc1)c1ccccc1. The summed E-state index contributed by atoms with van der Waals surface area (Å²) in [5.41, 5.74) is 7.31. The molecule has 1 heteroatoms. The first-order valence-electron chi connectivity index (χ1n) is 15.4. The van der Waals surface area contributed by atoms with Crippen LogP contribution in [-0.4, -0.2) is 3.21 Å². The standard InChI is InChI=1S/C21H25.C13H10.C8H11.Zr/c1-20(2,3)16-7-9-18-14(12-16)11-15-13-17(21(4,5)6)8-10-19(15)18;1-3-7-12(8-4-1)11-13-9-5-2-6-10-13;1-7(2)8-5-3-4-6-8;/h7-13H,1-6H3;1-10H;5-7H,3H2,1-2H3;/q-1;;-1;+2. The quantitative estimate of drug-likeness (QED) is 0.172. The van der Waals surface area contributed by atoms with Gasteiger partial charge in [0.05, 0.1) is 0 Å². The van der Waals surface area contributed by atoms with Crippen LogP contribution in [0.2, 0.25) is 0 Å². The van der Waals surface area contributed by atoms with Gasteiger partial charge >= 0.3 is 99.2 Å². The first-order chi connectivity index (χ1) is 20.3. The molecule has 1 aliphatic rings. The third kappa shape index (κ3) is 8.77. The van der Waals surface area contributed by atoms with Crippen molar-refractivity contribution in [1.29, 1.82) is 0 Å². The zero-order valence-corrected chi connectivity index (χ0v) is 29.7. The summed E-state index contributed by atoms with van der Waals surface area (Å²) in [5.74, 6) is 0.685. The van der Waals surface area contributed by atoms with Gasteiger partial charge in [-0.3, -0.25) is 6.08 Å². The van der Waals surface area contributed by atoms with Crippen LogP contribution in [0.25, 0.3) is 21.5 Å². The molecule has 1 aliphatic carbocycles. The van der Waals surface area contributed by atoms with E-state index in [1.165, 1.54) is 76.8 Å². The Kier molecular flexibility index (Phi) is 10.8. The van der Waals surface area contributed by atoms with E-state index in [2.05, 4.69) is 177 Å². The topological polar surface area (TPSA) is 0 Å². The molecule has 0 aliphatic heterocycles. The van der Waals surface area contributed by atoms with E-state index < -0.39 is 0 Å². The maximum atomic E-state index is 3.14. The van der Waals surface area contributed by atoms with E-state index >= 15 is 0 Å². The summed E-state index contributed by atoms with van der Waals surface area (Å²) in [7, 11) is 0. The molecule has 0 bridgehead atoms. The summed E-state index contributed by atoms with van der Waals surface area (Å²) in [6.07, 6.45) is 8.47. The minimum absolute atomic E-state index is 0.203. The average Bonchev–Trinajstić information content (AvgIpc) is 3.65. The van der Waals surface area contributed by atoms with Crippen molar-refractivity contribution in [1.82, 2.24) is 0 Å². The van der Waals surface area contributed by atoms with Gasteiger partial charge in [0.1, 0.15) is 0 Å². The molecule has 0 amide bonds. The van der Waals surface area contributed by atoms with E-state index in [1.54, 1.807) is 0 Å². The van der Waals surface area contributed by atoms with Crippen LogP contribution >= 0.6 is 0 Å². The van der Waals surface area contributed by atoms with Crippen LogP contribution in [0.3, 0.4) is 0 Å². The van der Waals surface area contributed by atoms with Crippen molar-refractivity contribution in [3.05, 3.63) is 149 Å². The molecule has 0 atom stereocenters. The van der Waals surface area contributed by atoms with Crippen LogP contribution < -0.4 is 0 Å². The van der Waals surface area contributed by atoms with Gasteiger partial charge in [-0.05, 0) is 10.8 Å². The van der Waals surface area contributed by atoms with Crippen molar-refractivity contribution in [3.63, 3.8) is 0 Å².